The highest BCUT2D eigenvalue weighted by atomic mass is 79.9. The van der Waals surface area contributed by atoms with E-state index in [2.05, 4.69) is 21.2 Å². The molecule has 104 valence electrons. The average Bonchev–Trinajstić information content (AvgIpc) is 2.40. The molecule has 0 bridgehead atoms. The molecular formula is C12H14BrFN2O3. The zero-order valence-electron chi connectivity index (χ0n) is 10.2. The summed E-state index contributed by atoms with van der Waals surface area (Å²) in [5.74, 6) is -0.583. The fourth-order valence-corrected chi connectivity index (χ4v) is 2.36. The summed E-state index contributed by atoms with van der Waals surface area (Å²) in [5, 5.41) is 14.1. The summed E-state index contributed by atoms with van der Waals surface area (Å²) in [5.41, 5.74) is -0.350. The largest absolute Gasteiger partial charge is 0.485 e. The van der Waals surface area contributed by atoms with Crippen LogP contribution < -0.4 is 10.1 Å². The lowest BCUT2D eigenvalue weighted by molar-refractivity contribution is -0.386. The lowest BCUT2D eigenvalue weighted by Crippen LogP contribution is -2.38. The number of ether oxygens (including phenoxy) is 1. The quantitative estimate of drug-likeness (QED) is 0.680. The minimum Gasteiger partial charge on any atom is -0.485 e. The van der Waals surface area contributed by atoms with Gasteiger partial charge in [0, 0.05) is 12.1 Å². The number of hydrogen-bond donors (Lipinski definition) is 1. The molecule has 0 aromatic heterocycles. The van der Waals surface area contributed by atoms with Crippen LogP contribution in [0.2, 0.25) is 0 Å². The normalized spacial score (nSPS) is 19.2. The molecule has 0 spiro atoms. The first kappa shape index (κ1) is 14.2. The molecule has 7 heteroatoms. The van der Waals surface area contributed by atoms with E-state index in [1.54, 1.807) is 0 Å². The van der Waals surface area contributed by atoms with Crippen molar-refractivity contribution in [1.82, 2.24) is 5.32 Å². The Labute approximate surface area is 118 Å². The first-order chi connectivity index (χ1) is 9.08. The third-order valence-electron chi connectivity index (χ3n) is 3.05. The monoisotopic (exact) mass is 332 g/mol. The number of halogens is 2. The Hall–Kier alpha value is -1.21. The van der Waals surface area contributed by atoms with E-state index >= 15 is 0 Å². The Morgan fingerprint density at radius 2 is 2.32 bits per heavy atom. The minimum atomic E-state index is -0.671. The molecule has 1 aromatic carbocycles. The third-order valence-corrected chi connectivity index (χ3v) is 3.66. The second-order valence-corrected chi connectivity index (χ2v) is 5.30. The molecule has 0 aliphatic carbocycles. The van der Waals surface area contributed by atoms with Crippen LogP contribution in [0.25, 0.3) is 0 Å². The van der Waals surface area contributed by atoms with Gasteiger partial charge < -0.3 is 10.1 Å². The molecule has 0 amide bonds. The van der Waals surface area contributed by atoms with Crippen molar-refractivity contribution >= 4 is 21.6 Å². The van der Waals surface area contributed by atoms with Crippen LogP contribution in [0.3, 0.4) is 0 Å². The first-order valence-corrected chi connectivity index (χ1v) is 6.87. The molecule has 19 heavy (non-hydrogen) atoms. The minimum absolute atomic E-state index is 0.0886. The van der Waals surface area contributed by atoms with Crippen molar-refractivity contribution in [2.24, 2.45) is 0 Å². The van der Waals surface area contributed by atoms with Crippen LogP contribution in [0.4, 0.5) is 10.1 Å². The van der Waals surface area contributed by atoms with Crippen molar-refractivity contribution in [2.45, 2.75) is 25.3 Å². The molecule has 1 aliphatic rings. The lowest BCUT2D eigenvalue weighted by atomic mass is 10.1. The summed E-state index contributed by atoms with van der Waals surface area (Å²) < 4.78 is 18.9. The van der Waals surface area contributed by atoms with Crippen LogP contribution in [0.1, 0.15) is 19.3 Å². The van der Waals surface area contributed by atoms with Crippen molar-refractivity contribution in [3.05, 3.63) is 32.5 Å². The second-order valence-electron chi connectivity index (χ2n) is 4.45. The molecule has 1 atom stereocenters. The fraction of sp³-hybridized carbons (Fsp3) is 0.500. The predicted octanol–water partition coefficient (Wildman–Crippen LogP) is 3.02. The van der Waals surface area contributed by atoms with Crippen molar-refractivity contribution < 1.29 is 14.1 Å². The van der Waals surface area contributed by atoms with Crippen molar-refractivity contribution in [2.75, 3.05) is 13.2 Å². The second kappa shape index (κ2) is 6.29. The Bertz CT molecular complexity index is 478. The predicted molar refractivity (Wildman–Crippen MR) is 71.9 cm³/mol. The number of piperidine rings is 1. The van der Waals surface area contributed by atoms with E-state index in [-0.39, 0.29) is 22.0 Å². The maximum atomic E-state index is 13.3. The number of nitrogens with one attached hydrogen (secondary N) is 1. The van der Waals surface area contributed by atoms with Gasteiger partial charge in [-0.3, -0.25) is 10.1 Å². The smallest absolute Gasteiger partial charge is 0.313 e. The number of hydrogen-bond acceptors (Lipinski definition) is 4. The van der Waals surface area contributed by atoms with Gasteiger partial charge in [0.15, 0.2) is 5.75 Å². The molecule has 0 saturated carbocycles. The topological polar surface area (TPSA) is 64.4 Å². The van der Waals surface area contributed by atoms with Gasteiger partial charge in [-0.1, -0.05) is 6.42 Å². The highest BCUT2D eigenvalue weighted by molar-refractivity contribution is 9.10. The Morgan fingerprint density at radius 3 is 2.95 bits per heavy atom. The van der Waals surface area contributed by atoms with Crippen molar-refractivity contribution in [1.29, 1.82) is 0 Å². The van der Waals surface area contributed by atoms with E-state index in [0.29, 0.717) is 6.61 Å². The summed E-state index contributed by atoms with van der Waals surface area (Å²) in [6, 6.07) is 2.36. The highest BCUT2D eigenvalue weighted by Gasteiger charge is 2.21. The summed E-state index contributed by atoms with van der Waals surface area (Å²) in [6.07, 6.45) is 3.24. The molecular weight excluding hydrogens is 319 g/mol. The molecule has 5 nitrogen and oxygen atoms in total. The first-order valence-electron chi connectivity index (χ1n) is 6.07. The van der Waals surface area contributed by atoms with E-state index in [9.17, 15) is 14.5 Å². The van der Waals surface area contributed by atoms with Gasteiger partial charge in [-0.15, -0.1) is 0 Å². The van der Waals surface area contributed by atoms with Gasteiger partial charge >= 0.3 is 5.69 Å². The standard InChI is InChI=1S/C12H14BrFN2O3/c13-9-5-12(11(16(17)18)6-10(9)14)19-7-8-3-1-2-4-15-8/h5-6,8,15H,1-4,7H2. The van der Waals surface area contributed by atoms with Crippen molar-refractivity contribution in [3.8, 4) is 5.75 Å². The molecule has 0 radical (unpaired) electrons. The molecule has 1 aromatic rings. The average molecular weight is 333 g/mol. The van der Waals surface area contributed by atoms with Crippen molar-refractivity contribution in [3.63, 3.8) is 0 Å². The van der Waals surface area contributed by atoms with Gasteiger partial charge in [-0.05, 0) is 35.3 Å². The maximum Gasteiger partial charge on any atom is 0.313 e. The van der Waals surface area contributed by atoms with E-state index < -0.39 is 10.7 Å². The number of rotatable bonds is 4. The Morgan fingerprint density at radius 1 is 1.53 bits per heavy atom. The maximum absolute atomic E-state index is 13.3. The van der Waals surface area contributed by atoms with Crippen LogP contribution in [-0.4, -0.2) is 24.1 Å². The summed E-state index contributed by atoms with van der Waals surface area (Å²) in [4.78, 5) is 10.2. The summed E-state index contributed by atoms with van der Waals surface area (Å²) in [6.45, 7) is 1.28. The SMILES string of the molecule is O=[N+]([O-])c1cc(F)c(Br)cc1OCC1CCCCN1. The van der Waals surface area contributed by atoms with Gasteiger partial charge in [-0.25, -0.2) is 4.39 Å². The van der Waals surface area contributed by atoms with E-state index in [4.69, 9.17) is 4.74 Å². The fourth-order valence-electron chi connectivity index (χ4n) is 2.03. The van der Waals surface area contributed by atoms with Gasteiger partial charge in [0.1, 0.15) is 12.4 Å². The Kier molecular flexibility index (Phi) is 4.71. The molecule has 1 fully saturated rings. The summed E-state index contributed by atoms with van der Waals surface area (Å²) >= 11 is 3.00. The molecule has 2 rings (SSSR count). The van der Waals surface area contributed by atoms with Crippen LogP contribution in [0, 0.1) is 15.9 Å². The Balaban J connectivity index is 2.09. The van der Waals surface area contributed by atoms with Gasteiger partial charge in [0.05, 0.1) is 15.5 Å². The van der Waals surface area contributed by atoms with Gasteiger partial charge in [-0.2, -0.15) is 0 Å². The van der Waals surface area contributed by atoms with E-state index in [0.717, 1.165) is 31.9 Å². The summed E-state index contributed by atoms with van der Waals surface area (Å²) in [7, 11) is 0. The molecule has 1 saturated heterocycles. The number of nitrogens with zero attached hydrogens (tertiary/aromatic N) is 1. The molecule has 1 N–H and O–H groups in total. The van der Waals surface area contributed by atoms with Crippen LogP contribution >= 0.6 is 15.9 Å². The third kappa shape index (κ3) is 3.63. The number of benzene rings is 1. The molecule has 1 unspecified atom stereocenters. The van der Waals surface area contributed by atoms with Crippen LogP contribution in [-0.2, 0) is 0 Å². The van der Waals surface area contributed by atoms with E-state index in [1.165, 1.54) is 6.07 Å². The number of nitro groups is 1. The van der Waals surface area contributed by atoms with Gasteiger partial charge in [0.25, 0.3) is 0 Å². The molecule has 1 heterocycles. The zero-order valence-corrected chi connectivity index (χ0v) is 11.8. The number of nitro benzene ring substituents is 1. The molecule has 1 aliphatic heterocycles. The van der Waals surface area contributed by atoms with Crippen LogP contribution in [0.5, 0.6) is 5.75 Å². The lowest BCUT2D eigenvalue weighted by Gasteiger charge is -2.23. The zero-order chi connectivity index (χ0) is 13.8. The highest BCUT2D eigenvalue weighted by Crippen LogP contribution is 2.32. The van der Waals surface area contributed by atoms with Crippen LogP contribution in [0.15, 0.2) is 16.6 Å². The van der Waals surface area contributed by atoms with Gasteiger partial charge in [0.2, 0.25) is 0 Å². The van der Waals surface area contributed by atoms with E-state index in [1.807, 2.05) is 0 Å².